The van der Waals surface area contributed by atoms with Gasteiger partial charge in [-0.2, -0.15) is 0 Å². The van der Waals surface area contributed by atoms with Gasteiger partial charge in [0.05, 0.1) is 12.6 Å². The lowest BCUT2D eigenvalue weighted by Gasteiger charge is -2.13. The molecule has 100 valence electrons. The number of primary amides is 1. The number of nitrogens with two attached hydrogens (primary N) is 2. The fraction of sp³-hybridized carbons (Fsp3) is 0.500. The van der Waals surface area contributed by atoms with Crippen molar-refractivity contribution in [2.75, 3.05) is 6.61 Å². The maximum Gasteiger partial charge on any atom is 0.234 e. The van der Waals surface area contributed by atoms with E-state index < -0.39 is 11.9 Å². The van der Waals surface area contributed by atoms with Gasteiger partial charge in [0, 0.05) is 6.42 Å². The summed E-state index contributed by atoms with van der Waals surface area (Å²) in [5.74, 6) is 0.806. The molecule has 1 aromatic rings. The highest BCUT2D eigenvalue weighted by Gasteiger charge is 2.09. The molecule has 1 rings (SSSR count). The van der Waals surface area contributed by atoms with Gasteiger partial charge in [0.2, 0.25) is 5.91 Å². The molecular weight excluding hydrogens is 228 g/mol. The predicted octanol–water partition coefficient (Wildman–Crippen LogP) is 1.70. The highest BCUT2D eigenvalue weighted by atomic mass is 16.5. The summed E-state index contributed by atoms with van der Waals surface area (Å²) in [5.41, 5.74) is 13.1. The van der Waals surface area contributed by atoms with Crippen LogP contribution in [0.25, 0.3) is 0 Å². The molecule has 0 saturated heterocycles. The number of hydrogen-bond acceptors (Lipinski definition) is 3. The van der Waals surface area contributed by atoms with Crippen molar-refractivity contribution in [3.63, 3.8) is 0 Å². The molecule has 1 aromatic carbocycles. The highest BCUT2D eigenvalue weighted by molar-refractivity contribution is 5.79. The molecular formula is C14H22N2O2. The summed E-state index contributed by atoms with van der Waals surface area (Å²) in [7, 11) is 0. The lowest BCUT2D eigenvalue weighted by Crippen LogP contribution is -2.37. The Balaban J connectivity index is 2.54. The lowest BCUT2D eigenvalue weighted by atomic mass is 9.98. The maximum absolute atomic E-state index is 10.8. The average molecular weight is 250 g/mol. The fourth-order valence-electron chi connectivity index (χ4n) is 1.83. The molecule has 0 radical (unpaired) electrons. The van der Waals surface area contributed by atoms with E-state index in [1.165, 1.54) is 11.1 Å². The number of amides is 1. The van der Waals surface area contributed by atoms with E-state index in [1.807, 2.05) is 12.1 Å². The zero-order chi connectivity index (χ0) is 13.7. The van der Waals surface area contributed by atoms with Gasteiger partial charge in [0.15, 0.2) is 0 Å². The minimum absolute atomic E-state index is 0.393. The average Bonchev–Trinajstić information content (AvgIpc) is 2.28. The first-order chi connectivity index (χ1) is 8.41. The predicted molar refractivity (Wildman–Crippen MR) is 72.5 cm³/mol. The summed E-state index contributed by atoms with van der Waals surface area (Å²) in [5, 5.41) is 0. The Kier molecular flexibility index (Phi) is 5.16. The number of aryl methyl sites for hydroxylation is 1. The second-order valence-corrected chi connectivity index (χ2v) is 4.82. The van der Waals surface area contributed by atoms with E-state index in [-0.39, 0.29) is 0 Å². The third-order valence-electron chi connectivity index (χ3n) is 2.93. The maximum atomic E-state index is 10.8. The fourth-order valence-corrected chi connectivity index (χ4v) is 1.83. The summed E-state index contributed by atoms with van der Waals surface area (Å²) in [6.45, 7) is 6.78. The van der Waals surface area contributed by atoms with Crippen LogP contribution >= 0.6 is 0 Å². The van der Waals surface area contributed by atoms with Crippen LogP contribution in [0.1, 0.15) is 37.3 Å². The molecule has 0 aliphatic carbocycles. The third kappa shape index (κ3) is 4.04. The van der Waals surface area contributed by atoms with Gasteiger partial charge >= 0.3 is 0 Å². The zero-order valence-corrected chi connectivity index (χ0v) is 11.3. The molecule has 1 atom stereocenters. The molecule has 18 heavy (non-hydrogen) atoms. The van der Waals surface area contributed by atoms with Crippen LogP contribution in [0.3, 0.4) is 0 Å². The highest BCUT2D eigenvalue weighted by Crippen LogP contribution is 2.23. The number of rotatable bonds is 6. The molecule has 0 spiro atoms. The van der Waals surface area contributed by atoms with Crippen molar-refractivity contribution in [2.24, 2.45) is 11.5 Å². The molecule has 4 N–H and O–H groups in total. The standard InChI is InChI=1S/C14H22N2O2/c1-9(2)12-5-4-11(8-10(12)3)18-7-6-13(15)14(16)17/h4-5,8-9,13H,6-7,15H2,1-3H3,(H2,16,17). The van der Waals surface area contributed by atoms with Crippen molar-refractivity contribution in [1.82, 2.24) is 0 Å². The molecule has 0 aromatic heterocycles. The Labute approximate surface area is 108 Å². The van der Waals surface area contributed by atoms with Crippen molar-refractivity contribution in [3.8, 4) is 5.75 Å². The van der Waals surface area contributed by atoms with Crippen LogP contribution < -0.4 is 16.2 Å². The number of hydrogen-bond donors (Lipinski definition) is 2. The van der Waals surface area contributed by atoms with Crippen molar-refractivity contribution in [3.05, 3.63) is 29.3 Å². The summed E-state index contributed by atoms with van der Waals surface area (Å²) < 4.78 is 5.55. The second-order valence-electron chi connectivity index (χ2n) is 4.82. The summed E-state index contributed by atoms with van der Waals surface area (Å²) >= 11 is 0. The van der Waals surface area contributed by atoms with Crippen LogP contribution in [-0.4, -0.2) is 18.6 Å². The number of ether oxygens (including phenoxy) is 1. The number of benzene rings is 1. The minimum atomic E-state index is -0.638. The van der Waals surface area contributed by atoms with Crippen molar-refractivity contribution < 1.29 is 9.53 Å². The van der Waals surface area contributed by atoms with Crippen LogP contribution in [-0.2, 0) is 4.79 Å². The topological polar surface area (TPSA) is 78.3 Å². The quantitative estimate of drug-likeness (QED) is 0.806. The molecule has 0 fully saturated rings. The first-order valence-corrected chi connectivity index (χ1v) is 6.20. The third-order valence-corrected chi connectivity index (χ3v) is 2.93. The molecule has 4 heteroatoms. The monoisotopic (exact) mass is 250 g/mol. The molecule has 0 aliphatic heterocycles. The molecule has 1 unspecified atom stereocenters. The first-order valence-electron chi connectivity index (χ1n) is 6.20. The minimum Gasteiger partial charge on any atom is -0.494 e. The van der Waals surface area contributed by atoms with Gasteiger partial charge in [0.25, 0.3) is 0 Å². The van der Waals surface area contributed by atoms with E-state index in [2.05, 4.69) is 26.8 Å². The van der Waals surface area contributed by atoms with Gasteiger partial charge in [-0.15, -0.1) is 0 Å². The molecule has 1 amide bonds. The number of carbonyl (C=O) groups excluding carboxylic acids is 1. The number of carbonyl (C=O) groups is 1. The Hall–Kier alpha value is -1.55. The first kappa shape index (κ1) is 14.5. The van der Waals surface area contributed by atoms with E-state index in [4.69, 9.17) is 16.2 Å². The van der Waals surface area contributed by atoms with Crippen LogP contribution in [0, 0.1) is 6.92 Å². The molecule has 0 aliphatic rings. The van der Waals surface area contributed by atoms with Crippen molar-refractivity contribution in [1.29, 1.82) is 0 Å². The van der Waals surface area contributed by atoms with E-state index in [0.29, 0.717) is 18.9 Å². The van der Waals surface area contributed by atoms with E-state index >= 15 is 0 Å². The van der Waals surface area contributed by atoms with E-state index in [1.54, 1.807) is 0 Å². The van der Waals surface area contributed by atoms with Crippen LogP contribution in [0.5, 0.6) is 5.75 Å². The van der Waals surface area contributed by atoms with E-state index in [0.717, 1.165) is 5.75 Å². The largest absolute Gasteiger partial charge is 0.494 e. The van der Waals surface area contributed by atoms with Gasteiger partial charge in [0.1, 0.15) is 5.75 Å². The SMILES string of the molecule is Cc1cc(OCCC(N)C(N)=O)ccc1C(C)C. The molecule has 4 nitrogen and oxygen atoms in total. The van der Waals surface area contributed by atoms with Crippen molar-refractivity contribution >= 4 is 5.91 Å². The molecule has 0 bridgehead atoms. The smallest absolute Gasteiger partial charge is 0.234 e. The van der Waals surface area contributed by atoms with Gasteiger partial charge in [-0.25, -0.2) is 0 Å². The van der Waals surface area contributed by atoms with Crippen LogP contribution in [0.4, 0.5) is 0 Å². The Bertz CT molecular complexity index is 416. The Morgan fingerprint density at radius 3 is 2.56 bits per heavy atom. The summed E-state index contributed by atoms with van der Waals surface area (Å²) in [6.07, 6.45) is 0.431. The van der Waals surface area contributed by atoms with E-state index in [9.17, 15) is 4.79 Å². The van der Waals surface area contributed by atoms with Crippen LogP contribution in [0.2, 0.25) is 0 Å². The lowest BCUT2D eigenvalue weighted by molar-refractivity contribution is -0.119. The van der Waals surface area contributed by atoms with Crippen LogP contribution in [0.15, 0.2) is 18.2 Å². The zero-order valence-electron chi connectivity index (χ0n) is 11.3. The normalized spacial score (nSPS) is 12.5. The van der Waals surface area contributed by atoms with Crippen molar-refractivity contribution in [2.45, 2.75) is 39.2 Å². The summed E-state index contributed by atoms with van der Waals surface area (Å²) in [4.78, 5) is 10.8. The second kappa shape index (κ2) is 6.40. The van der Waals surface area contributed by atoms with Gasteiger partial charge in [-0.3, -0.25) is 4.79 Å². The molecule has 0 saturated carbocycles. The van der Waals surface area contributed by atoms with Gasteiger partial charge in [-0.05, 0) is 36.1 Å². The Morgan fingerprint density at radius 2 is 2.06 bits per heavy atom. The molecule has 0 heterocycles. The Morgan fingerprint density at radius 1 is 1.39 bits per heavy atom. The summed E-state index contributed by atoms with van der Waals surface area (Å²) in [6, 6.07) is 5.38. The van der Waals surface area contributed by atoms with Gasteiger partial charge in [-0.1, -0.05) is 19.9 Å². The van der Waals surface area contributed by atoms with Gasteiger partial charge < -0.3 is 16.2 Å².